The number of rotatable bonds is 4. The van der Waals surface area contributed by atoms with E-state index >= 15 is 0 Å². The third-order valence-electron chi connectivity index (χ3n) is 3.37. The van der Waals surface area contributed by atoms with Gasteiger partial charge >= 0.3 is 0 Å². The Morgan fingerprint density at radius 1 is 1.55 bits per heavy atom. The predicted molar refractivity (Wildman–Crippen MR) is 85.8 cm³/mol. The fourth-order valence-electron chi connectivity index (χ4n) is 2.35. The number of carbonyl (C=O) groups excluding carboxylic acids is 1. The molecule has 0 unspecified atom stereocenters. The zero-order chi connectivity index (χ0) is 15.5. The zero-order valence-corrected chi connectivity index (χ0v) is 14.0. The first-order valence-electron chi connectivity index (χ1n) is 6.98. The van der Waals surface area contributed by atoms with Crippen LogP contribution in [0.4, 0.5) is 5.13 Å². The van der Waals surface area contributed by atoms with E-state index < -0.39 is 0 Å². The van der Waals surface area contributed by atoms with Gasteiger partial charge < -0.3 is 15.0 Å². The molecule has 0 bridgehead atoms. The van der Waals surface area contributed by atoms with E-state index in [4.69, 9.17) is 4.74 Å². The monoisotopic (exact) mass is 339 g/mol. The molecule has 9 heteroatoms. The van der Waals surface area contributed by atoms with E-state index in [9.17, 15) is 4.79 Å². The Hall–Kier alpha value is -1.58. The quantitative estimate of drug-likeness (QED) is 0.903. The number of nitrogens with one attached hydrogen (secondary N) is 1. The number of morpholine rings is 1. The van der Waals surface area contributed by atoms with Crippen molar-refractivity contribution in [3.63, 3.8) is 0 Å². The Bertz CT molecular complexity index is 643. The molecule has 1 aliphatic rings. The van der Waals surface area contributed by atoms with Crippen molar-refractivity contribution in [3.05, 3.63) is 21.1 Å². The van der Waals surface area contributed by atoms with Gasteiger partial charge in [-0.05, 0) is 13.8 Å². The van der Waals surface area contributed by atoms with E-state index in [1.807, 2.05) is 13.8 Å². The smallest absolute Gasteiger partial charge is 0.271 e. The van der Waals surface area contributed by atoms with Crippen LogP contribution in [0.2, 0.25) is 0 Å². The lowest BCUT2D eigenvalue weighted by Crippen LogP contribution is -2.47. The lowest BCUT2D eigenvalue weighted by atomic mass is 10.2. The highest BCUT2D eigenvalue weighted by Crippen LogP contribution is 2.19. The molecule has 3 heterocycles. The number of hydrogen-bond donors (Lipinski definition) is 1. The van der Waals surface area contributed by atoms with Crippen molar-refractivity contribution >= 4 is 33.7 Å². The zero-order valence-electron chi connectivity index (χ0n) is 12.4. The first-order chi connectivity index (χ1) is 10.6. The Kier molecular flexibility index (Phi) is 4.65. The number of anilines is 1. The summed E-state index contributed by atoms with van der Waals surface area (Å²) in [6.45, 7) is 6.39. The Balaban J connectivity index is 1.55. The summed E-state index contributed by atoms with van der Waals surface area (Å²) in [5.41, 5.74) is 2.23. The van der Waals surface area contributed by atoms with Crippen LogP contribution in [0.3, 0.4) is 0 Å². The van der Waals surface area contributed by atoms with Gasteiger partial charge in [0.25, 0.3) is 5.91 Å². The van der Waals surface area contributed by atoms with Crippen LogP contribution in [0.25, 0.3) is 0 Å². The van der Waals surface area contributed by atoms with Crippen molar-refractivity contribution in [2.75, 3.05) is 31.1 Å². The molecule has 1 fully saturated rings. The molecule has 0 saturated carbocycles. The number of carbonyl (C=O) groups is 1. The molecular weight excluding hydrogens is 322 g/mol. The highest BCUT2D eigenvalue weighted by molar-refractivity contribution is 7.13. The van der Waals surface area contributed by atoms with Crippen molar-refractivity contribution in [2.24, 2.45) is 0 Å². The summed E-state index contributed by atoms with van der Waals surface area (Å²) in [6.07, 6.45) is -0.0540. The van der Waals surface area contributed by atoms with Gasteiger partial charge in [0, 0.05) is 24.5 Å². The summed E-state index contributed by atoms with van der Waals surface area (Å²) in [6, 6.07) is 0. The van der Waals surface area contributed by atoms with Crippen molar-refractivity contribution in [1.82, 2.24) is 20.5 Å². The number of amides is 1. The van der Waals surface area contributed by atoms with Crippen LogP contribution in [0.5, 0.6) is 0 Å². The van der Waals surface area contributed by atoms with Gasteiger partial charge in [0.15, 0.2) is 0 Å². The van der Waals surface area contributed by atoms with E-state index in [0.29, 0.717) is 25.4 Å². The molecule has 0 radical (unpaired) electrons. The van der Waals surface area contributed by atoms with E-state index in [2.05, 4.69) is 25.4 Å². The Morgan fingerprint density at radius 3 is 3.09 bits per heavy atom. The maximum absolute atomic E-state index is 12.2. The van der Waals surface area contributed by atoms with Gasteiger partial charge in [-0.25, -0.2) is 4.98 Å². The number of hydrogen-bond acceptors (Lipinski definition) is 8. The summed E-state index contributed by atoms with van der Waals surface area (Å²) < 4.78 is 5.71. The van der Waals surface area contributed by atoms with Crippen LogP contribution in [-0.4, -0.2) is 53.4 Å². The second-order valence-corrected chi connectivity index (χ2v) is 7.23. The van der Waals surface area contributed by atoms with E-state index in [1.54, 1.807) is 5.51 Å². The first-order valence-corrected chi connectivity index (χ1v) is 8.68. The molecule has 1 atom stereocenters. The summed E-state index contributed by atoms with van der Waals surface area (Å²) in [7, 11) is 0. The van der Waals surface area contributed by atoms with Crippen molar-refractivity contribution in [2.45, 2.75) is 20.0 Å². The van der Waals surface area contributed by atoms with E-state index in [0.717, 1.165) is 21.6 Å². The van der Waals surface area contributed by atoms with Crippen molar-refractivity contribution < 1.29 is 9.53 Å². The van der Waals surface area contributed by atoms with Crippen LogP contribution < -0.4 is 10.2 Å². The van der Waals surface area contributed by atoms with Gasteiger partial charge in [-0.15, -0.1) is 21.5 Å². The molecule has 2 aromatic rings. The van der Waals surface area contributed by atoms with Crippen LogP contribution in [-0.2, 0) is 4.74 Å². The van der Waals surface area contributed by atoms with Crippen LogP contribution in [0.15, 0.2) is 5.51 Å². The standard InChI is InChI=1S/C13H17N5O2S2/c1-8-11(16-9(2)22-8)12(19)14-5-10-6-18(3-4-20-10)13-17-15-7-21-13/h7,10H,3-6H2,1-2H3,(H,14,19)/t10-/m1/s1. The number of thiazole rings is 1. The van der Waals surface area contributed by atoms with Gasteiger partial charge in [-0.3, -0.25) is 4.79 Å². The van der Waals surface area contributed by atoms with Gasteiger partial charge in [0.05, 0.1) is 17.7 Å². The fourth-order valence-corrected chi connectivity index (χ4v) is 3.76. The SMILES string of the molecule is Cc1nc(C(=O)NC[C@@H]2CN(c3nncs3)CCO2)c(C)s1. The van der Waals surface area contributed by atoms with Gasteiger partial charge in [-0.1, -0.05) is 11.3 Å². The molecule has 1 amide bonds. The van der Waals surface area contributed by atoms with Gasteiger partial charge in [0.1, 0.15) is 11.2 Å². The summed E-state index contributed by atoms with van der Waals surface area (Å²) in [5.74, 6) is -0.140. The van der Waals surface area contributed by atoms with Gasteiger partial charge in [0.2, 0.25) is 5.13 Å². The maximum atomic E-state index is 12.2. The predicted octanol–water partition coefficient (Wildman–Crippen LogP) is 1.25. The lowest BCUT2D eigenvalue weighted by Gasteiger charge is -2.32. The molecular formula is C13H17N5O2S2. The summed E-state index contributed by atoms with van der Waals surface area (Å²) >= 11 is 3.04. The van der Waals surface area contributed by atoms with Crippen molar-refractivity contribution in [1.29, 1.82) is 0 Å². The van der Waals surface area contributed by atoms with Crippen LogP contribution >= 0.6 is 22.7 Å². The Labute approximate surface area is 136 Å². The minimum Gasteiger partial charge on any atom is -0.373 e. The molecule has 1 N–H and O–H groups in total. The lowest BCUT2D eigenvalue weighted by molar-refractivity contribution is 0.0396. The molecule has 3 rings (SSSR count). The third kappa shape index (κ3) is 3.42. The number of nitrogens with zero attached hydrogens (tertiary/aromatic N) is 4. The Morgan fingerprint density at radius 2 is 2.41 bits per heavy atom. The molecule has 118 valence electrons. The average Bonchev–Trinajstić information content (AvgIpc) is 3.15. The second-order valence-electron chi connectivity index (χ2n) is 5.01. The first kappa shape index (κ1) is 15.3. The van der Waals surface area contributed by atoms with E-state index in [-0.39, 0.29) is 12.0 Å². The molecule has 0 aliphatic carbocycles. The number of aryl methyl sites for hydroxylation is 2. The second kappa shape index (κ2) is 6.67. The van der Waals surface area contributed by atoms with Crippen LogP contribution in [0.1, 0.15) is 20.4 Å². The maximum Gasteiger partial charge on any atom is 0.271 e. The molecule has 1 saturated heterocycles. The molecule has 2 aromatic heterocycles. The minimum absolute atomic E-state index is 0.0540. The molecule has 22 heavy (non-hydrogen) atoms. The minimum atomic E-state index is -0.140. The molecule has 0 aromatic carbocycles. The average molecular weight is 339 g/mol. The molecule has 1 aliphatic heterocycles. The largest absolute Gasteiger partial charge is 0.373 e. The van der Waals surface area contributed by atoms with E-state index in [1.165, 1.54) is 22.7 Å². The van der Waals surface area contributed by atoms with Gasteiger partial charge in [-0.2, -0.15) is 0 Å². The summed E-state index contributed by atoms with van der Waals surface area (Å²) in [5, 5.41) is 12.6. The number of aromatic nitrogens is 3. The van der Waals surface area contributed by atoms with Crippen LogP contribution in [0, 0.1) is 13.8 Å². The molecule has 0 spiro atoms. The number of ether oxygens (including phenoxy) is 1. The third-order valence-corrected chi connectivity index (χ3v) is 5.00. The highest BCUT2D eigenvalue weighted by Gasteiger charge is 2.23. The van der Waals surface area contributed by atoms with Crippen molar-refractivity contribution in [3.8, 4) is 0 Å². The highest BCUT2D eigenvalue weighted by atomic mass is 32.1. The molecule has 7 nitrogen and oxygen atoms in total. The summed E-state index contributed by atoms with van der Waals surface area (Å²) in [4.78, 5) is 19.5. The fraction of sp³-hybridized carbons (Fsp3) is 0.538. The topological polar surface area (TPSA) is 80.2 Å². The normalized spacial score (nSPS) is 18.5.